The van der Waals surface area contributed by atoms with Crippen molar-refractivity contribution in [2.24, 2.45) is 5.73 Å². The second-order valence-electron chi connectivity index (χ2n) is 3.77. The van der Waals surface area contributed by atoms with E-state index in [-0.39, 0.29) is 5.60 Å². The van der Waals surface area contributed by atoms with Gasteiger partial charge in [0.2, 0.25) is 5.88 Å². The minimum absolute atomic E-state index is 0.252. The molecule has 0 atom stereocenters. The molecule has 2 N–H and O–H groups in total. The zero-order chi connectivity index (χ0) is 9.90. The van der Waals surface area contributed by atoms with Gasteiger partial charge in [-0.2, -0.15) is 0 Å². The SMILES string of the molecule is CC(C)(C)Oc1ncncc1CN. The molecule has 72 valence electrons. The fraction of sp³-hybridized carbons (Fsp3) is 0.556. The van der Waals surface area contributed by atoms with Gasteiger partial charge in [-0.25, -0.2) is 9.97 Å². The van der Waals surface area contributed by atoms with Crippen molar-refractivity contribution in [2.45, 2.75) is 32.9 Å². The van der Waals surface area contributed by atoms with Crippen LogP contribution in [-0.4, -0.2) is 15.6 Å². The summed E-state index contributed by atoms with van der Waals surface area (Å²) in [6.07, 6.45) is 3.13. The molecule has 0 radical (unpaired) electrons. The predicted molar refractivity (Wildman–Crippen MR) is 50.3 cm³/mol. The first-order valence-corrected chi connectivity index (χ1v) is 4.21. The quantitative estimate of drug-likeness (QED) is 0.742. The molecule has 1 rings (SSSR count). The van der Waals surface area contributed by atoms with Gasteiger partial charge in [-0.05, 0) is 20.8 Å². The Kier molecular flexibility index (Phi) is 2.83. The van der Waals surface area contributed by atoms with E-state index in [1.807, 2.05) is 20.8 Å². The average molecular weight is 181 g/mol. The highest BCUT2D eigenvalue weighted by Gasteiger charge is 2.14. The van der Waals surface area contributed by atoms with Gasteiger partial charge in [0.1, 0.15) is 11.9 Å². The first-order chi connectivity index (χ1) is 6.03. The van der Waals surface area contributed by atoms with Crippen LogP contribution in [0.3, 0.4) is 0 Å². The number of hydrogen-bond donors (Lipinski definition) is 1. The van der Waals surface area contributed by atoms with Gasteiger partial charge in [0, 0.05) is 18.3 Å². The fourth-order valence-corrected chi connectivity index (χ4v) is 0.869. The highest BCUT2D eigenvalue weighted by Crippen LogP contribution is 2.18. The summed E-state index contributed by atoms with van der Waals surface area (Å²) < 4.78 is 5.59. The van der Waals surface area contributed by atoms with Gasteiger partial charge in [0.25, 0.3) is 0 Å². The average Bonchev–Trinajstić information content (AvgIpc) is 2.02. The molecule has 4 heteroatoms. The molecule has 0 aromatic carbocycles. The van der Waals surface area contributed by atoms with Crippen molar-refractivity contribution in [3.05, 3.63) is 18.1 Å². The summed E-state index contributed by atoms with van der Waals surface area (Å²) >= 11 is 0. The van der Waals surface area contributed by atoms with E-state index < -0.39 is 0 Å². The summed E-state index contributed by atoms with van der Waals surface area (Å²) in [6, 6.07) is 0. The van der Waals surface area contributed by atoms with Gasteiger partial charge in [-0.15, -0.1) is 0 Å². The standard InChI is InChI=1S/C9H15N3O/c1-9(2,3)13-8-7(4-10)5-11-6-12-8/h5-6H,4,10H2,1-3H3. The first kappa shape index (κ1) is 9.92. The minimum atomic E-state index is -0.252. The van der Waals surface area contributed by atoms with Gasteiger partial charge in [-0.1, -0.05) is 0 Å². The molecule has 0 spiro atoms. The Balaban J connectivity index is 2.87. The van der Waals surface area contributed by atoms with Crippen LogP contribution in [0.5, 0.6) is 5.88 Å². The Bertz CT molecular complexity index is 280. The molecule has 0 saturated carbocycles. The molecule has 4 nitrogen and oxygen atoms in total. The van der Waals surface area contributed by atoms with Crippen LogP contribution in [0.1, 0.15) is 26.3 Å². The van der Waals surface area contributed by atoms with E-state index in [0.717, 1.165) is 5.56 Å². The Morgan fingerprint density at radius 2 is 2.15 bits per heavy atom. The summed E-state index contributed by atoms with van der Waals surface area (Å²) in [7, 11) is 0. The number of nitrogens with zero attached hydrogens (tertiary/aromatic N) is 2. The van der Waals surface area contributed by atoms with Gasteiger partial charge < -0.3 is 10.5 Å². The molecule has 0 unspecified atom stereocenters. The highest BCUT2D eigenvalue weighted by atomic mass is 16.5. The van der Waals surface area contributed by atoms with E-state index in [9.17, 15) is 0 Å². The van der Waals surface area contributed by atoms with Gasteiger partial charge in [0.15, 0.2) is 0 Å². The van der Waals surface area contributed by atoms with Crippen LogP contribution in [0.2, 0.25) is 0 Å². The largest absolute Gasteiger partial charge is 0.472 e. The molecule has 0 bridgehead atoms. The lowest BCUT2D eigenvalue weighted by atomic mass is 10.2. The van der Waals surface area contributed by atoms with Crippen LogP contribution in [-0.2, 0) is 6.54 Å². The van der Waals surface area contributed by atoms with E-state index in [1.165, 1.54) is 6.33 Å². The Labute approximate surface area is 78.1 Å². The third-order valence-electron chi connectivity index (χ3n) is 1.37. The molecule has 13 heavy (non-hydrogen) atoms. The van der Waals surface area contributed by atoms with E-state index in [0.29, 0.717) is 12.4 Å². The second-order valence-corrected chi connectivity index (χ2v) is 3.77. The molecule has 1 aromatic heterocycles. The van der Waals surface area contributed by atoms with Gasteiger partial charge >= 0.3 is 0 Å². The Hall–Kier alpha value is -1.16. The molecule has 0 amide bonds. The van der Waals surface area contributed by atoms with Crippen LogP contribution in [0.15, 0.2) is 12.5 Å². The van der Waals surface area contributed by atoms with Crippen molar-refractivity contribution < 1.29 is 4.74 Å². The van der Waals surface area contributed by atoms with Crippen molar-refractivity contribution in [1.29, 1.82) is 0 Å². The highest BCUT2D eigenvalue weighted by molar-refractivity contribution is 5.22. The molecule has 0 saturated heterocycles. The molecule has 1 aromatic rings. The van der Waals surface area contributed by atoms with Crippen molar-refractivity contribution >= 4 is 0 Å². The van der Waals surface area contributed by atoms with Crippen molar-refractivity contribution in [2.75, 3.05) is 0 Å². The smallest absolute Gasteiger partial charge is 0.221 e. The first-order valence-electron chi connectivity index (χ1n) is 4.21. The van der Waals surface area contributed by atoms with Crippen LogP contribution >= 0.6 is 0 Å². The summed E-state index contributed by atoms with van der Waals surface area (Å²) in [5.41, 5.74) is 6.09. The van der Waals surface area contributed by atoms with Gasteiger partial charge in [0.05, 0.1) is 0 Å². The monoisotopic (exact) mass is 181 g/mol. The topological polar surface area (TPSA) is 61.0 Å². The van der Waals surface area contributed by atoms with E-state index in [4.69, 9.17) is 10.5 Å². The summed E-state index contributed by atoms with van der Waals surface area (Å²) in [4.78, 5) is 7.90. The molecule has 0 fully saturated rings. The number of ether oxygens (including phenoxy) is 1. The maximum atomic E-state index is 5.59. The molecular weight excluding hydrogens is 166 g/mol. The second kappa shape index (κ2) is 3.70. The van der Waals surface area contributed by atoms with E-state index in [2.05, 4.69) is 9.97 Å². The number of aromatic nitrogens is 2. The lowest BCUT2D eigenvalue weighted by Gasteiger charge is -2.21. The van der Waals surface area contributed by atoms with Crippen LogP contribution < -0.4 is 10.5 Å². The van der Waals surface area contributed by atoms with Crippen molar-refractivity contribution in [1.82, 2.24) is 9.97 Å². The van der Waals surface area contributed by atoms with Crippen LogP contribution in [0, 0.1) is 0 Å². The number of rotatable bonds is 2. The molecule has 0 aliphatic rings. The zero-order valence-corrected chi connectivity index (χ0v) is 8.24. The van der Waals surface area contributed by atoms with Crippen molar-refractivity contribution in [3.8, 4) is 5.88 Å². The third kappa shape index (κ3) is 2.99. The summed E-state index contributed by atoms with van der Waals surface area (Å²) in [6.45, 7) is 6.30. The fourth-order valence-electron chi connectivity index (χ4n) is 0.869. The lowest BCUT2D eigenvalue weighted by Crippen LogP contribution is -2.24. The molecule has 0 aliphatic carbocycles. The molecule has 1 heterocycles. The maximum absolute atomic E-state index is 5.59. The van der Waals surface area contributed by atoms with Crippen LogP contribution in [0.25, 0.3) is 0 Å². The molecule has 0 aliphatic heterocycles. The van der Waals surface area contributed by atoms with E-state index in [1.54, 1.807) is 6.20 Å². The Morgan fingerprint density at radius 1 is 1.46 bits per heavy atom. The van der Waals surface area contributed by atoms with Gasteiger partial charge in [-0.3, -0.25) is 0 Å². The third-order valence-corrected chi connectivity index (χ3v) is 1.37. The predicted octanol–water partition coefficient (Wildman–Crippen LogP) is 1.11. The summed E-state index contributed by atoms with van der Waals surface area (Å²) in [5, 5.41) is 0. The number of nitrogens with two attached hydrogens (primary N) is 1. The normalized spacial score (nSPS) is 11.4. The zero-order valence-electron chi connectivity index (χ0n) is 8.24. The number of hydrogen-bond acceptors (Lipinski definition) is 4. The van der Waals surface area contributed by atoms with E-state index >= 15 is 0 Å². The minimum Gasteiger partial charge on any atom is -0.472 e. The molecular formula is C9H15N3O. The summed E-state index contributed by atoms with van der Waals surface area (Å²) in [5.74, 6) is 0.574. The lowest BCUT2D eigenvalue weighted by molar-refractivity contribution is 0.122. The van der Waals surface area contributed by atoms with Crippen LogP contribution in [0.4, 0.5) is 0 Å². The maximum Gasteiger partial charge on any atom is 0.221 e. The Morgan fingerprint density at radius 3 is 2.69 bits per heavy atom. The van der Waals surface area contributed by atoms with Crippen molar-refractivity contribution in [3.63, 3.8) is 0 Å².